The minimum atomic E-state index is -0.0539. The molecular weight excluding hydrogens is 264 g/mol. The number of rotatable bonds is 5. The zero-order valence-corrected chi connectivity index (χ0v) is 13.1. The summed E-state index contributed by atoms with van der Waals surface area (Å²) in [5.74, 6) is -0.0539. The van der Waals surface area contributed by atoms with E-state index < -0.39 is 0 Å². The number of aryl methyl sites for hydroxylation is 2. The smallest absolute Gasteiger partial charge is 0.251 e. The molecule has 112 valence electrons. The Kier molecular flexibility index (Phi) is 4.62. The van der Waals surface area contributed by atoms with Gasteiger partial charge in [-0.2, -0.15) is 5.10 Å². The standard InChI is InChI=1S/C16H22N4O/c1-12-11-13(2)20(18-12)10-9-17-16(21)14-5-7-15(8-6-14)19(3)4/h5-8,11H,9-10H2,1-4H3,(H,17,21). The summed E-state index contributed by atoms with van der Waals surface area (Å²) in [6.07, 6.45) is 0. The Hall–Kier alpha value is -2.30. The van der Waals surface area contributed by atoms with Crippen LogP contribution in [0.5, 0.6) is 0 Å². The van der Waals surface area contributed by atoms with E-state index in [1.807, 2.05) is 67.9 Å². The van der Waals surface area contributed by atoms with Crippen LogP contribution in [-0.4, -0.2) is 36.3 Å². The molecular formula is C16H22N4O. The van der Waals surface area contributed by atoms with Crippen LogP contribution < -0.4 is 10.2 Å². The summed E-state index contributed by atoms with van der Waals surface area (Å²) in [6.45, 7) is 5.23. The average Bonchev–Trinajstić information content (AvgIpc) is 2.77. The molecule has 0 unspecified atom stereocenters. The predicted octanol–water partition coefficient (Wildman–Crippen LogP) is 2.00. The Morgan fingerprint density at radius 1 is 1.24 bits per heavy atom. The molecule has 1 amide bonds. The van der Waals surface area contributed by atoms with Crippen LogP contribution in [-0.2, 0) is 6.54 Å². The molecule has 0 aliphatic rings. The van der Waals surface area contributed by atoms with Gasteiger partial charge in [-0.15, -0.1) is 0 Å². The molecule has 0 bridgehead atoms. The second-order valence-corrected chi connectivity index (χ2v) is 5.35. The normalized spacial score (nSPS) is 10.5. The topological polar surface area (TPSA) is 50.2 Å². The lowest BCUT2D eigenvalue weighted by molar-refractivity contribution is 0.0952. The first-order valence-corrected chi connectivity index (χ1v) is 7.04. The van der Waals surface area contributed by atoms with Gasteiger partial charge in [0.05, 0.1) is 12.2 Å². The van der Waals surface area contributed by atoms with Crippen molar-refractivity contribution in [3.8, 4) is 0 Å². The Morgan fingerprint density at radius 3 is 2.43 bits per heavy atom. The third kappa shape index (κ3) is 3.84. The Balaban J connectivity index is 1.88. The fourth-order valence-corrected chi connectivity index (χ4v) is 2.19. The molecule has 0 fully saturated rings. The van der Waals surface area contributed by atoms with Gasteiger partial charge in [-0.25, -0.2) is 0 Å². The van der Waals surface area contributed by atoms with Gasteiger partial charge >= 0.3 is 0 Å². The second kappa shape index (κ2) is 6.43. The van der Waals surface area contributed by atoms with Crippen LogP contribution in [0.15, 0.2) is 30.3 Å². The van der Waals surface area contributed by atoms with E-state index in [4.69, 9.17) is 0 Å². The first-order valence-electron chi connectivity index (χ1n) is 7.04. The van der Waals surface area contributed by atoms with Crippen molar-refractivity contribution in [2.24, 2.45) is 0 Å². The molecule has 1 aromatic carbocycles. The van der Waals surface area contributed by atoms with Crippen molar-refractivity contribution in [3.63, 3.8) is 0 Å². The average molecular weight is 286 g/mol. The Morgan fingerprint density at radius 2 is 1.90 bits per heavy atom. The van der Waals surface area contributed by atoms with Crippen LogP contribution in [0.3, 0.4) is 0 Å². The van der Waals surface area contributed by atoms with Crippen LogP contribution in [0.2, 0.25) is 0 Å². The van der Waals surface area contributed by atoms with Crippen molar-refractivity contribution in [1.82, 2.24) is 15.1 Å². The van der Waals surface area contributed by atoms with E-state index in [9.17, 15) is 4.79 Å². The molecule has 1 heterocycles. The highest BCUT2D eigenvalue weighted by Gasteiger charge is 2.06. The molecule has 2 rings (SSSR count). The lowest BCUT2D eigenvalue weighted by atomic mass is 10.2. The van der Waals surface area contributed by atoms with Gasteiger partial charge in [0.25, 0.3) is 5.91 Å². The van der Waals surface area contributed by atoms with E-state index in [1.165, 1.54) is 0 Å². The summed E-state index contributed by atoms with van der Waals surface area (Å²) in [5, 5.41) is 7.29. The van der Waals surface area contributed by atoms with Gasteiger partial charge < -0.3 is 10.2 Å². The van der Waals surface area contributed by atoms with Gasteiger partial charge in [-0.05, 0) is 44.2 Å². The molecule has 0 saturated carbocycles. The highest BCUT2D eigenvalue weighted by atomic mass is 16.1. The van der Waals surface area contributed by atoms with Crippen molar-refractivity contribution in [2.45, 2.75) is 20.4 Å². The zero-order chi connectivity index (χ0) is 15.4. The molecule has 0 aliphatic heterocycles. The molecule has 5 heteroatoms. The van der Waals surface area contributed by atoms with Gasteiger partial charge in [0, 0.05) is 37.6 Å². The summed E-state index contributed by atoms with van der Waals surface area (Å²) in [7, 11) is 3.95. The van der Waals surface area contributed by atoms with Crippen LogP contribution in [0.1, 0.15) is 21.7 Å². The molecule has 0 radical (unpaired) electrons. The summed E-state index contributed by atoms with van der Waals surface area (Å²) >= 11 is 0. The number of benzene rings is 1. The lowest BCUT2D eigenvalue weighted by Gasteiger charge is -2.12. The molecule has 1 N–H and O–H groups in total. The zero-order valence-electron chi connectivity index (χ0n) is 13.1. The summed E-state index contributed by atoms with van der Waals surface area (Å²) in [6, 6.07) is 9.59. The van der Waals surface area contributed by atoms with Crippen LogP contribution in [0.4, 0.5) is 5.69 Å². The molecule has 0 atom stereocenters. The number of carbonyl (C=O) groups excluding carboxylic acids is 1. The Labute approximate surface area is 125 Å². The van der Waals surface area contributed by atoms with Gasteiger partial charge in [-0.1, -0.05) is 0 Å². The van der Waals surface area contributed by atoms with E-state index in [2.05, 4.69) is 10.4 Å². The number of nitrogens with zero attached hydrogens (tertiary/aromatic N) is 3. The first kappa shape index (κ1) is 15.1. The number of hydrogen-bond donors (Lipinski definition) is 1. The third-order valence-electron chi connectivity index (χ3n) is 3.36. The largest absolute Gasteiger partial charge is 0.378 e. The van der Waals surface area contributed by atoms with Gasteiger partial charge in [0.1, 0.15) is 0 Å². The van der Waals surface area contributed by atoms with Crippen LogP contribution in [0.25, 0.3) is 0 Å². The summed E-state index contributed by atoms with van der Waals surface area (Å²) in [4.78, 5) is 14.1. The van der Waals surface area contributed by atoms with E-state index in [-0.39, 0.29) is 5.91 Å². The molecule has 0 spiro atoms. The highest BCUT2D eigenvalue weighted by Crippen LogP contribution is 2.12. The predicted molar refractivity (Wildman–Crippen MR) is 84.8 cm³/mol. The minimum absolute atomic E-state index is 0.0539. The summed E-state index contributed by atoms with van der Waals surface area (Å²) in [5.41, 5.74) is 3.86. The van der Waals surface area contributed by atoms with Crippen molar-refractivity contribution in [3.05, 3.63) is 47.3 Å². The molecule has 2 aromatic rings. The van der Waals surface area contributed by atoms with Crippen molar-refractivity contribution in [2.75, 3.05) is 25.5 Å². The quantitative estimate of drug-likeness (QED) is 0.914. The number of amides is 1. The van der Waals surface area contributed by atoms with Crippen molar-refractivity contribution >= 4 is 11.6 Å². The molecule has 21 heavy (non-hydrogen) atoms. The van der Waals surface area contributed by atoms with E-state index in [0.29, 0.717) is 18.7 Å². The maximum absolute atomic E-state index is 12.1. The van der Waals surface area contributed by atoms with Gasteiger partial charge in [0.2, 0.25) is 0 Å². The monoisotopic (exact) mass is 286 g/mol. The molecule has 1 aromatic heterocycles. The minimum Gasteiger partial charge on any atom is -0.378 e. The SMILES string of the molecule is Cc1cc(C)n(CCNC(=O)c2ccc(N(C)C)cc2)n1. The number of hydrogen-bond acceptors (Lipinski definition) is 3. The van der Waals surface area contributed by atoms with E-state index in [1.54, 1.807) is 0 Å². The van der Waals surface area contributed by atoms with E-state index in [0.717, 1.165) is 17.1 Å². The number of aromatic nitrogens is 2. The van der Waals surface area contributed by atoms with Gasteiger partial charge in [-0.3, -0.25) is 9.48 Å². The van der Waals surface area contributed by atoms with Gasteiger partial charge in [0.15, 0.2) is 0 Å². The van der Waals surface area contributed by atoms with E-state index >= 15 is 0 Å². The third-order valence-corrected chi connectivity index (χ3v) is 3.36. The fraction of sp³-hybridized carbons (Fsp3) is 0.375. The highest BCUT2D eigenvalue weighted by molar-refractivity contribution is 5.94. The molecule has 5 nitrogen and oxygen atoms in total. The Bertz CT molecular complexity index is 614. The van der Waals surface area contributed by atoms with Crippen molar-refractivity contribution < 1.29 is 4.79 Å². The number of anilines is 1. The number of nitrogens with one attached hydrogen (secondary N) is 1. The van der Waals surface area contributed by atoms with Crippen LogP contribution in [0, 0.1) is 13.8 Å². The summed E-state index contributed by atoms with van der Waals surface area (Å²) < 4.78 is 1.91. The second-order valence-electron chi connectivity index (χ2n) is 5.35. The maximum atomic E-state index is 12.1. The lowest BCUT2D eigenvalue weighted by Crippen LogP contribution is -2.27. The van der Waals surface area contributed by atoms with Crippen molar-refractivity contribution in [1.29, 1.82) is 0 Å². The molecule has 0 saturated heterocycles. The first-order chi connectivity index (χ1) is 9.97. The maximum Gasteiger partial charge on any atom is 0.251 e. The van der Waals surface area contributed by atoms with Crippen LogP contribution >= 0.6 is 0 Å². The fourth-order valence-electron chi connectivity index (χ4n) is 2.19. The number of carbonyl (C=O) groups is 1. The molecule has 0 aliphatic carbocycles.